The van der Waals surface area contributed by atoms with Crippen molar-refractivity contribution in [3.63, 3.8) is 0 Å². The summed E-state index contributed by atoms with van der Waals surface area (Å²) in [6, 6.07) is 0. The molecule has 23 heavy (non-hydrogen) atoms. The first-order chi connectivity index (χ1) is 11.1. The number of hydrogen-bond donors (Lipinski definition) is 1. The molecule has 1 atom stereocenters. The molecule has 1 aromatic heterocycles. The Morgan fingerprint density at radius 2 is 2.30 bits per heavy atom. The minimum atomic E-state index is -0.300. The predicted octanol–water partition coefficient (Wildman–Crippen LogP) is 1.03. The molecule has 1 N–H and O–H groups in total. The highest BCUT2D eigenvalue weighted by atomic mass is 16.7. The number of nitrogens with one attached hydrogen (secondary N) is 1. The number of likely N-dealkylation sites (tertiary alicyclic amines) is 1. The van der Waals surface area contributed by atoms with Crippen LogP contribution in [0.5, 0.6) is 0 Å². The lowest BCUT2D eigenvalue weighted by Gasteiger charge is -2.21. The summed E-state index contributed by atoms with van der Waals surface area (Å²) in [6.07, 6.45) is 5.99. The Morgan fingerprint density at radius 3 is 3.04 bits per heavy atom. The van der Waals surface area contributed by atoms with Crippen LogP contribution < -0.4 is 5.32 Å². The quantitative estimate of drug-likeness (QED) is 0.877. The molecule has 0 aliphatic carbocycles. The molecule has 2 aliphatic heterocycles. The molecule has 7 heteroatoms. The third-order valence-electron chi connectivity index (χ3n) is 4.30. The van der Waals surface area contributed by atoms with E-state index in [1.807, 2.05) is 6.92 Å². The first-order valence-corrected chi connectivity index (χ1v) is 8.13. The van der Waals surface area contributed by atoms with Gasteiger partial charge in [0.1, 0.15) is 5.71 Å². The second-order valence-electron chi connectivity index (χ2n) is 6.35. The van der Waals surface area contributed by atoms with Crippen molar-refractivity contribution in [1.29, 1.82) is 0 Å². The maximum atomic E-state index is 12.2. The standard InChI is InChI=1S/C16H23N5O2/c1-3-5-21-6-4-16(11-21)7-14(20-23-16)15(22)19-10-13-9-17-12(2)8-18-13/h8-9H,3-7,10-11H2,1-2H3,(H,19,22)/t16-/m0/s1. The number of oxime groups is 1. The van der Waals surface area contributed by atoms with Gasteiger partial charge >= 0.3 is 0 Å². The fourth-order valence-electron chi connectivity index (χ4n) is 3.08. The minimum absolute atomic E-state index is 0.182. The molecule has 1 fully saturated rings. The molecule has 124 valence electrons. The fourth-order valence-corrected chi connectivity index (χ4v) is 3.08. The van der Waals surface area contributed by atoms with Crippen molar-refractivity contribution >= 4 is 11.6 Å². The number of aryl methyl sites for hydroxylation is 1. The average Bonchev–Trinajstić information content (AvgIpc) is 3.14. The van der Waals surface area contributed by atoms with E-state index in [1.165, 1.54) is 0 Å². The zero-order valence-electron chi connectivity index (χ0n) is 13.7. The maximum Gasteiger partial charge on any atom is 0.269 e. The van der Waals surface area contributed by atoms with Gasteiger partial charge in [-0.2, -0.15) is 0 Å². The SMILES string of the molecule is CCCN1CC[C@]2(CC(C(=O)NCc3cnc(C)cn3)=NO2)C1. The van der Waals surface area contributed by atoms with E-state index in [1.54, 1.807) is 12.4 Å². The summed E-state index contributed by atoms with van der Waals surface area (Å²) in [5.74, 6) is -0.182. The first-order valence-electron chi connectivity index (χ1n) is 8.13. The predicted molar refractivity (Wildman–Crippen MR) is 85.8 cm³/mol. The molecule has 3 rings (SSSR count). The van der Waals surface area contributed by atoms with Crippen molar-refractivity contribution in [3.05, 3.63) is 23.8 Å². The third-order valence-corrected chi connectivity index (χ3v) is 4.30. The first kappa shape index (κ1) is 15.9. The molecular weight excluding hydrogens is 294 g/mol. The molecular formula is C16H23N5O2. The van der Waals surface area contributed by atoms with Gasteiger partial charge in [-0.1, -0.05) is 12.1 Å². The molecule has 1 aromatic rings. The zero-order valence-corrected chi connectivity index (χ0v) is 13.7. The zero-order chi connectivity index (χ0) is 16.3. The monoisotopic (exact) mass is 317 g/mol. The van der Waals surface area contributed by atoms with Crippen LogP contribution in [0.2, 0.25) is 0 Å². The number of rotatable bonds is 5. The lowest BCUT2D eigenvalue weighted by molar-refractivity contribution is -0.115. The van der Waals surface area contributed by atoms with Crippen LogP contribution in [-0.2, 0) is 16.2 Å². The molecule has 0 bridgehead atoms. The molecule has 1 saturated heterocycles. The van der Waals surface area contributed by atoms with Crippen LogP contribution in [0.15, 0.2) is 17.5 Å². The molecule has 0 radical (unpaired) electrons. The maximum absolute atomic E-state index is 12.2. The number of aromatic nitrogens is 2. The number of nitrogens with zero attached hydrogens (tertiary/aromatic N) is 4. The molecule has 0 unspecified atom stereocenters. The summed E-state index contributed by atoms with van der Waals surface area (Å²) in [5, 5.41) is 6.87. The van der Waals surface area contributed by atoms with Crippen molar-refractivity contribution in [2.24, 2.45) is 5.16 Å². The lowest BCUT2D eigenvalue weighted by Crippen LogP contribution is -2.37. The van der Waals surface area contributed by atoms with E-state index in [4.69, 9.17) is 4.84 Å². The van der Waals surface area contributed by atoms with Gasteiger partial charge in [0.05, 0.1) is 24.1 Å². The summed E-state index contributed by atoms with van der Waals surface area (Å²) in [7, 11) is 0. The van der Waals surface area contributed by atoms with E-state index in [9.17, 15) is 4.79 Å². The van der Waals surface area contributed by atoms with Gasteiger partial charge in [-0.15, -0.1) is 0 Å². The van der Waals surface area contributed by atoms with Crippen LogP contribution in [0.1, 0.15) is 37.6 Å². The molecule has 7 nitrogen and oxygen atoms in total. The largest absolute Gasteiger partial charge is 0.387 e. The Balaban J connectivity index is 1.50. The van der Waals surface area contributed by atoms with Crippen molar-refractivity contribution < 1.29 is 9.63 Å². The minimum Gasteiger partial charge on any atom is -0.387 e. The van der Waals surface area contributed by atoms with Crippen LogP contribution in [0.4, 0.5) is 0 Å². The highest BCUT2D eigenvalue weighted by Gasteiger charge is 2.46. The van der Waals surface area contributed by atoms with Crippen LogP contribution in [0.25, 0.3) is 0 Å². The van der Waals surface area contributed by atoms with Crippen LogP contribution in [-0.4, -0.2) is 51.7 Å². The normalized spacial score (nSPS) is 23.8. The van der Waals surface area contributed by atoms with Gasteiger partial charge < -0.3 is 10.2 Å². The van der Waals surface area contributed by atoms with Gasteiger partial charge in [-0.25, -0.2) is 0 Å². The highest BCUT2D eigenvalue weighted by molar-refractivity contribution is 6.39. The summed E-state index contributed by atoms with van der Waals surface area (Å²) < 4.78 is 0. The van der Waals surface area contributed by atoms with E-state index in [2.05, 4.69) is 32.3 Å². The third kappa shape index (κ3) is 3.67. The molecule has 0 saturated carbocycles. The molecule has 3 heterocycles. The van der Waals surface area contributed by atoms with Gasteiger partial charge in [0.2, 0.25) is 0 Å². The highest BCUT2D eigenvalue weighted by Crippen LogP contribution is 2.33. The van der Waals surface area contributed by atoms with Crippen LogP contribution in [0, 0.1) is 6.92 Å². The number of carbonyl (C=O) groups is 1. The molecule has 1 amide bonds. The Hall–Kier alpha value is -2.02. The second kappa shape index (κ2) is 6.62. The molecule has 0 aromatic carbocycles. The Bertz CT molecular complexity index is 601. The van der Waals surface area contributed by atoms with Crippen molar-refractivity contribution in [3.8, 4) is 0 Å². The van der Waals surface area contributed by atoms with Crippen molar-refractivity contribution in [2.75, 3.05) is 19.6 Å². The Labute approximate surface area is 136 Å². The number of amides is 1. The van der Waals surface area contributed by atoms with E-state index in [0.29, 0.717) is 18.7 Å². The average molecular weight is 317 g/mol. The second-order valence-corrected chi connectivity index (χ2v) is 6.35. The van der Waals surface area contributed by atoms with Gasteiger partial charge in [-0.05, 0) is 19.9 Å². The summed E-state index contributed by atoms with van der Waals surface area (Å²) in [6.45, 7) is 7.33. The van der Waals surface area contributed by atoms with E-state index < -0.39 is 0 Å². The topological polar surface area (TPSA) is 79.7 Å². The van der Waals surface area contributed by atoms with Crippen LogP contribution in [0.3, 0.4) is 0 Å². The summed E-state index contributed by atoms with van der Waals surface area (Å²) in [4.78, 5) is 28.6. The fraction of sp³-hybridized carbons (Fsp3) is 0.625. The summed E-state index contributed by atoms with van der Waals surface area (Å²) >= 11 is 0. The number of carbonyl (C=O) groups excluding carboxylic acids is 1. The van der Waals surface area contributed by atoms with Crippen LogP contribution >= 0.6 is 0 Å². The van der Waals surface area contributed by atoms with Crippen molar-refractivity contribution in [1.82, 2.24) is 20.2 Å². The number of hydrogen-bond acceptors (Lipinski definition) is 6. The Kier molecular flexibility index (Phi) is 4.56. The summed E-state index contributed by atoms with van der Waals surface area (Å²) in [5.41, 5.74) is 1.76. The van der Waals surface area contributed by atoms with Gasteiger partial charge in [0, 0.05) is 32.1 Å². The van der Waals surface area contributed by atoms with Gasteiger partial charge in [0.25, 0.3) is 5.91 Å². The molecule has 1 spiro atoms. The lowest BCUT2D eigenvalue weighted by atomic mass is 9.96. The van der Waals surface area contributed by atoms with Gasteiger partial charge in [-0.3, -0.25) is 19.7 Å². The smallest absolute Gasteiger partial charge is 0.269 e. The Morgan fingerprint density at radius 1 is 1.43 bits per heavy atom. The molecule has 2 aliphatic rings. The van der Waals surface area contributed by atoms with E-state index >= 15 is 0 Å². The van der Waals surface area contributed by atoms with Gasteiger partial charge in [0.15, 0.2) is 5.60 Å². The van der Waals surface area contributed by atoms with E-state index in [-0.39, 0.29) is 11.5 Å². The van der Waals surface area contributed by atoms with E-state index in [0.717, 1.165) is 43.9 Å². The van der Waals surface area contributed by atoms with Crippen molar-refractivity contribution in [2.45, 2.75) is 45.3 Å².